The predicted molar refractivity (Wildman–Crippen MR) is 89.8 cm³/mol. The smallest absolute Gasteiger partial charge is 0.240 e. The van der Waals surface area contributed by atoms with E-state index in [1.165, 1.54) is 14.2 Å². The van der Waals surface area contributed by atoms with E-state index in [0.29, 0.717) is 17.9 Å². The highest BCUT2D eigenvalue weighted by Gasteiger charge is 2.16. The zero-order valence-corrected chi connectivity index (χ0v) is 14.7. The van der Waals surface area contributed by atoms with Crippen molar-refractivity contribution in [2.75, 3.05) is 20.8 Å². The van der Waals surface area contributed by atoms with Crippen molar-refractivity contribution >= 4 is 21.6 Å². The Morgan fingerprint density at radius 1 is 1.17 bits per heavy atom. The van der Waals surface area contributed by atoms with E-state index in [1.54, 1.807) is 12.1 Å². The Morgan fingerprint density at radius 3 is 2.54 bits per heavy atom. The summed E-state index contributed by atoms with van der Waals surface area (Å²) in [6.07, 6.45) is 0.397. The van der Waals surface area contributed by atoms with Gasteiger partial charge in [0.1, 0.15) is 5.82 Å². The van der Waals surface area contributed by atoms with E-state index in [9.17, 15) is 12.8 Å². The zero-order chi connectivity index (χ0) is 17.7. The fraction of sp³-hybridized carbons (Fsp3) is 0.250. The summed E-state index contributed by atoms with van der Waals surface area (Å²) in [7, 11) is -0.728. The lowest BCUT2D eigenvalue weighted by Crippen LogP contribution is -2.26. The average Bonchev–Trinajstić information content (AvgIpc) is 2.56. The van der Waals surface area contributed by atoms with Gasteiger partial charge < -0.3 is 9.47 Å². The van der Waals surface area contributed by atoms with Gasteiger partial charge in [-0.1, -0.05) is 23.7 Å². The average molecular weight is 374 g/mol. The van der Waals surface area contributed by atoms with Crippen LogP contribution in [0.15, 0.2) is 41.3 Å². The molecule has 2 aromatic rings. The molecule has 8 heteroatoms. The van der Waals surface area contributed by atoms with Crippen LogP contribution in [0.4, 0.5) is 4.39 Å². The molecule has 130 valence electrons. The highest BCUT2D eigenvalue weighted by atomic mass is 35.5. The molecule has 0 unspecified atom stereocenters. The van der Waals surface area contributed by atoms with Gasteiger partial charge in [0.25, 0.3) is 0 Å². The first-order chi connectivity index (χ1) is 11.4. The SMILES string of the molecule is COc1cccc(CCNS(=O)(=O)c2ccc(F)c(Cl)c2)c1OC. The first-order valence-electron chi connectivity index (χ1n) is 7.03. The van der Waals surface area contributed by atoms with Crippen LogP contribution >= 0.6 is 11.6 Å². The summed E-state index contributed by atoms with van der Waals surface area (Å²) in [5.41, 5.74) is 0.802. The number of benzene rings is 2. The number of hydrogen-bond donors (Lipinski definition) is 1. The van der Waals surface area contributed by atoms with Crippen molar-refractivity contribution in [3.63, 3.8) is 0 Å². The summed E-state index contributed by atoms with van der Waals surface area (Å²) in [5.74, 6) is 0.462. The van der Waals surface area contributed by atoms with E-state index in [-0.39, 0.29) is 16.5 Å². The minimum absolute atomic E-state index is 0.0912. The highest BCUT2D eigenvalue weighted by molar-refractivity contribution is 7.89. The van der Waals surface area contributed by atoms with Gasteiger partial charge in [-0.25, -0.2) is 17.5 Å². The summed E-state index contributed by atoms with van der Waals surface area (Å²) in [6.45, 7) is 0.140. The molecule has 0 spiro atoms. The van der Waals surface area contributed by atoms with Crippen molar-refractivity contribution < 1.29 is 22.3 Å². The molecule has 0 saturated carbocycles. The lowest BCUT2D eigenvalue weighted by molar-refractivity contribution is 0.351. The van der Waals surface area contributed by atoms with Crippen LogP contribution < -0.4 is 14.2 Å². The molecule has 0 fully saturated rings. The number of para-hydroxylation sites is 1. The van der Waals surface area contributed by atoms with Crippen LogP contribution in [0.2, 0.25) is 5.02 Å². The molecule has 0 bridgehead atoms. The van der Waals surface area contributed by atoms with Gasteiger partial charge in [0.05, 0.1) is 24.1 Å². The molecular weight excluding hydrogens is 357 g/mol. The van der Waals surface area contributed by atoms with Crippen LogP contribution in [-0.4, -0.2) is 29.2 Å². The number of sulfonamides is 1. The molecule has 0 aliphatic heterocycles. The minimum Gasteiger partial charge on any atom is -0.493 e. The standard InChI is InChI=1S/C16H17ClFNO4S/c1-22-15-5-3-4-11(16(15)23-2)8-9-19-24(20,21)12-6-7-14(18)13(17)10-12/h3-7,10,19H,8-9H2,1-2H3. The van der Waals surface area contributed by atoms with E-state index in [4.69, 9.17) is 21.1 Å². The number of rotatable bonds is 7. The third-order valence-electron chi connectivity index (χ3n) is 3.37. The molecule has 0 atom stereocenters. The molecule has 0 aliphatic carbocycles. The Kier molecular flexibility index (Phi) is 6.04. The second kappa shape index (κ2) is 7.83. The second-order valence-corrected chi connectivity index (χ2v) is 7.05. The van der Waals surface area contributed by atoms with Gasteiger partial charge in [0.15, 0.2) is 11.5 Å². The van der Waals surface area contributed by atoms with Gasteiger partial charge in [-0.2, -0.15) is 0 Å². The van der Waals surface area contributed by atoms with E-state index < -0.39 is 15.8 Å². The summed E-state index contributed by atoms with van der Waals surface area (Å²) in [6, 6.07) is 8.63. The van der Waals surface area contributed by atoms with Gasteiger partial charge in [-0.05, 0) is 36.2 Å². The van der Waals surface area contributed by atoms with Crippen LogP contribution in [-0.2, 0) is 16.4 Å². The number of hydrogen-bond acceptors (Lipinski definition) is 4. The van der Waals surface area contributed by atoms with E-state index in [1.807, 2.05) is 6.07 Å². The first-order valence-corrected chi connectivity index (χ1v) is 8.89. The van der Waals surface area contributed by atoms with Gasteiger partial charge in [-0.3, -0.25) is 0 Å². The van der Waals surface area contributed by atoms with E-state index in [0.717, 1.165) is 23.8 Å². The molecule has 0 amide bonds. The van der Waals surface area contributed by atoms with Crippen molar-refractivity contribution in [3.05, 3.63) is 52.8 Å². The maximum atomic E-state index is 13.1. The monoisotopic (exact) mass is 373 g/mol. The van der Waals surface area contributed by atoms with E-state index >= 15 is 0 Å². The van der Waals surface area contributed by atoms with Crippen molar-refractivity contribution in [2.24, 2.45) is 0 Å². The van der Waals surface area contributed by atoms with Crippen LogP contribution in [0.25, 0.3) is 0 Å². The lowest BCUT2D eigenvalue weighted by Gasteiger charge is -2.13. The largest absolute Gasteiger partial charge is 0.493 e. The van der Waals surface area contributed by atoms with Crippen LogP contribution in [0.3, 0.4) is 0 Å². The quantitative estimate of drug-likeness (QED) is 0.810. The Balaban J connectivity index is 2.10. The normalized spacial score (nSPS) is 11.3. The number of methoxy groups -OCH3 is 2. The Bertz CT molecular complexity index is 827. The highest BCUT2D eigenvalue weighted by Crippen LogP contribution is 2.30. The summed E-state index contributed by atoms with van der Waals surface area (Å²) < 4.78 is 50.5. The maximum Gasteiger partial charge on any atom is 0.240 e. The molecule has 2 rings (SSSR count). The maximum absolute atomic E-state index is 13.1. The van der Waals surface area contributed by atoms with Crippen molar-refractivity contribution in [2.45, 2.75) is 11.3 Å². The molecule has 0 aromatic heterocycles. The summed E-state index contributed by atoms with van der Waals surface area (Å²) in [4.78, 5) is -0.0912. The zero-order valence-electron chi connectivity index (χ0n) is 13.2. The molecule has 2 aromatic carbocycles. The minimum atomic E-state index is -3.78. The predicted octanol–water partition coefficient (Wildman–Crippen LogP) is 3.02. The van der Waals surface area contributed by atoms with Gasteiger partial charge in [0, 0.05) is 6.54 Å². The Hall–Kier alpha value is -1.83. The topological polar surface area (TPSA) is 64.6 Å². The summed E-state index contributed by atoms with van der Waals surface area (Å²) >= 11 is 5.63. The fourth-order valence-electron chi connectivity index (χ4n) is 2.20. The molecule has 1 N–H and O–H groups in total. The van der Waals surface area contributed by atoms with Crippen LogP contribution in [0.5, 0.6) is 11.5 Å². The third-order valence-corrected chi connectivity index (χ3v) is 5.12. The number of ether oxygens (including phenoxy) is 2. The van der Waals surface area contributed by atoms with Gasteiger partial charge in [-0.15, -0.1) is 0 Å². The molecule has 0 aliphatic rings. The van der Waals surface area contributed by atoms with Crippen molar-refractivity contribution in [1.29, 1.82) is 0 Å². The third kappa shape index (κ3) is 4.17. The van der Waals surface area contributed by atoms with Crippen LogP contribution in [0.1, 0.15) is 5.56 Å². The molecule has 0 heterocycles. The molecule has 24 heavy (non-hydrogen) atoms. The Morgan fingerprint density at radius 2 is 1.92 bits per heavy atom. The number of nitrogens with one attached hydrogen (secondary N) is 1. The van der Waals surface area contributed by atoms with E-state index in [2.05, 4.69) is 4.72 Å². The van der Waals surface area contributed by atoms with Crippen LogP contribution in [0, 0.1) is 5.82 Å². The number of halogens is 2. The molecule has 5 nitrogen and oxygen atoms in total. The first kappa shape index (κ1) is 18.5. The lowest BCUT2D eigenvalue weighted by atomic mass is 10.1. The molecule has 0 radical (unpaired) electrons. The van der Waals surface area contributed by atoms with Crippen molar-refractivity contribution in [3.8, 4) is 11.5 Å². The Labute approximate surface area is 145 Å². The molecular formula is C16H17ClFNO4S. The van der Waals surface area contributed by atoms with Crippen molar-refractivity contribution in [1.82, 2.24) is 4.72 Å². The fourth-order valence-corrected chi connectivity index (χ4v) is 3.50. The molecule has 0 saturated heterocycles. The van der Waals surface area contributed by atoms with Gasteiger partial charge in [0.2, 0.25) is 10.0 Å². The van der Waals surface area contributed by atoms with Gasteiger partial charge >= 0.3 is 0 Å². The second-order valence-electron chi connectivity index (χ2n) is 4.88. The summed E-state index contributed by atoms with van der Waals surface area (Å²) in [5, 5.41) is -0.243.